The summed E-state index contributed by atoms with van der Waals surface area (Å²) in [4.78, 5) is 39.3. The van der Waals surface area contributed by atoms with Gasteiger partial charge in [-0.2, -0.15) is 0 Å². The number of nitrogens with one attached hydrogen (secondary N) is 3. The van der Waals surface area contributed by atoms with Crippen LogP contribution >= 0.6 is 0 Å². The van der Waals surface area contributed by atoms with E-state index in [0.29, 0.717) is 25.1 Å². The summed E-state index contributed by atoms with van der Waals surface area (Å²) in [7, 11) is 0. The first-order valence-electron chi connectivity index (χ1n) is 10.8. The van der Waals surface area contributed by atoms with Gasteiger partial charge in [-0.3, -0.25) is 10.1 Å². The van der Waals surface area contributed by atoms with E-state index in [2.05, 4.69) is 16.0 Å². The minimum absolute atomic E-state index is 0.122. The second-order valence-electron chi connectivity index (χ2n) is 8.89. The van der Waals surface area contributed by atoms with E-state index in [9.17, 15) is 18.8 Å². The van der Waals surface area contributed by atoms with Crippen molar-refractivity contribution in [3.05, 3.63) is 54.3 Å². The number of carbonyl (C=O) groups excluding carboxylic acids is 3. The molecule has 3 rings (SSSR count). The molecule has 3 N–H and O–H groups in total. The average molecular weight is 457 g/mol. The minimum Gasteiger partial charge on any atom is -0.444 e. The molecule has 0 saturated carbocycles. The lowest BCUT2D eigenvalue weighted by atomic mass is 9.97. The molecule has 1 fully saturated rings. The Morgan fingerprint density at radius 1 is 1.00 bits per heavy atom. The highest BCUT2D eigenvalue weighted by Crippen LogP contribution is 2.26. The summed E-state index contributed by atoms with van der Waals surface area (Å²) < 4.78 is 19.1. The van der Waals surface area contributed by atoms with Gasteiger partial charge in [-0.15, -0.1) is 0 Å². The number of piperidine rings is 1. The first-order chi connectivity index (χ1) is 15.6. The van der Waals surface area contributed by atoms with Gasteiger partial charge >= 0.3 is 12.1 Å². The number of carbonyl (C=O) groups is 3. The lowest BCUT2D eigenvalue weighted by molar-refractivity contribution is -0.121. The molecule has 0 aromatic heterocycles. The number of nitrogens with zero attached hydrogens (tertiary/aromatic N) is 1. The fraction of sp³-hybridized carbons (Fsp3) is 0.375. The van der Waals surface area contributed by atoms with E-state index in [4.69, 9.17) is 4.74 Å². The molecule has 1 aliphatic heterocycles. The molecule has 9 heteroatoms. The normalized spacial score (nSPS) is 16.0. The summed E-state index contributed by atoms with van der Waals surface area (Å²) >= 11 is 0. The Kier molecular flexibility index (Phi) is 7.52. The van der Waals surface area contributed by atoms with Crippen molar-refractivity contribution in [2.75, 3.05) is 29.0 Å². The number of hydrogen-bond donors (Lipinski definition) is 3. The van der Waals surface area contributed by atoms with E-state index in [-0.39, 0.29) is 29.9 Å². The highest BCUT2D eigenvalue weighted by atomic mass is 19.1. The number of para-hydroxylation sites is 1. The van der Waals surface area contributed by atoms with Crippen molar-refractivity contribution in [2.45, 2.75) is 39.2 Å². The van der Waals surface area contributed by atoms with Gasteiger partial charge in [0, 0.05) is 18.8 Å². The summed E-state index contributed by atoms with van der Waals surface area (Å²) in [5.74, 6) is -1.39. The third-order valence-electron chi connectivity index (χ3n) is 4.98. The second-order valence-corrected chi connectivity index (χ2v) is 8.89. The monoisotopic (exact) mass is 456 g/mol. The van der Waals surface area contributed by atoms with Crippen molar-refractivity contribution < 1.29 is 23.5 Å². The Balaban J connectivity index is 1.65. The SMILES string of the molecule is CC(C)(C)OC(=O)Nc1ccc(F)cc1NC(=O)C1CCCN(C(=O)Nc2ccccc2)C1. The van der Waals surface area contributed by atoms with Crippen molar-refractivity contribution in [1.29, 1.82) is 0 Å². The van der Waals surface area contributed by atoms with Crippen LogP contribution in [0.1, 0.15) is 33.6 Å². The molecule has 1 aliphatic rings. The Morgan fingerprint density at radius 3 is 2.42 bits per heavy atom. The topological polar surface area (TPSA) is 99.8 Å². The number of likely N-dealkylation sites (tertiary alicyclic amines) is 1. The molecular weight excluding hydrogens is 427 g/mol. The van der Waals surface area contributed by atoms with Gasteiger partial charge in [0.15, 0.2) is 0 Å². The van der Waals surface area contributed by atoms with E-state index < -0.39 is 23.4 Å². The lowest BCUT2D eigenvalue weighted by Gasteiger charge is -2.32. The van der Waals surface area contributed by atoms with Gasteiger partial charge in [0.05, 0.1) is 17.3 Å². The van der Waals surface area contributed by atoms with Crippen LogP contribution in [0.25, 0.3) is 0 Å². The number of urea groups is 1. The highest BCUT2D eigenvalue weighted by Gasteiger charge is 2.29. The zero-order chi connectivity index (χ0) is 24.0. The Labute approximate surface area is 192 Å². The number of benzene rings is 2. The molecule has 0 aliphatic carbocycles. The maximum Gasteiger partial charge on any atom is 0.412 e. The molecule has 2 aromatic carbocycles. The van der Waals surface area contributed by atoms with Crippen LogP contribution in [0.15, 0.2) is 48.5 Å². The number of amides is 4. The maximum absolute atomic E-state index is 13.9. The quantitative estimate of drug-likeness (QED) is 0.599. The molecule has 1 heterocycles. The van der Waals surface area contributed by atoms with Gasteiger partial charge in [-0.25, -0.2) is 14.0 Å². The van der Waals surface area contributed by atoms with Crippen LogP contribution in [-0.2, 0) is 9.53 Å². The fourth-order valence-corrected chi connectivity index (χ4v) is 3.48. The number of hydrogen-bond acceptors (Lipinski definition) is 4. The van der Waals surface area contributed by atoms with Gasteiger partial charge in [0.1, 0.15) is 11.4 Å². The fourth-order valence-electron chi connectivity index (χ4n) is 3.48. The predicted molar refractivity (Wildman–Crippen MR) is 125 cm³/mol. The first-order valence-corrected chi connectivity index (χ1v) is 10.8. The summed E-state index contributed by atoms with van der Waals surface area (Å²) in [6, 6.07) is 12.5. The summed E-state index contributed by atoms with van der Waals surface area (Å²) in [5.41, 5.74) is 0.302. The van der Waals surface area contributed by atoms with Crippen molar-refractivity contribution >= 4 is 35.1 Å². The number of anilines is 3. The molecule has 0 radical (unpaired) electrons. The Morgan fingerprint density at radius 2 is 1.73 bits per heavy atom. The molecule has 33 heavy (non-hydrogen) atoms. The number of ether oxygens (including phenoxy) is 1. The Hall–Kier alpha value is -3.62. The van der Waals surface area contributed by atoms with Gasteiger partial charge in [0.25, 0.3) is 0 Å². The van der Waals surface area contributed by atoms with Crippen LogP contribution < -0.4 is 16.0 Å². The third kappa shape index (κ3) is 7.20. The largest absolute Gasteiger partial charge is 0.444 e. The highest BCUT2D eigenvalue weighted by molar-refractivity contribution is 5.99. The summed E-state index contributed by atoms with van der Waals surface area (Å²) in [6.45, 7) is 5.94. The smallest absolute Gasteiger partial charge is 0.412 e. The zero-order valence-electron chi connectivity index (χ0n) is 19.0. The van der Waals surface area contributed by atoms with Crippen LogP contribution in [0.3, 0.4) is 0 Å². The zero-order valence-corrected chi connectivity index (χ0v) is 19.0. The summed E-state index contributed by atoms with van der Waals surface area (Å²) in [6.07, 6.45) is 0.531. The van der Waals surface area contributed by atoms with Crippen LogP contribution in [0, 0.1) is 11.7 Å². The molecule has 1 atom stereocenters. The standard InChI is InChI=1S/C24H29FN4O4/c1-24(2,3)33-23(32)28-19-12-11-17(25)14-20(19)27-21(30)16-8-7-13-29(15-16)22(31)26-18-9-5-4-6-10-18/h4-6,9-12,14,16H,7-8,13,15H2,1-3H3,(H,26,31)(H,27,30)(H,28,32). The van der Waals surface area contributed by atoms with Crippen molar-refractivity contribution in [1.82, 2.24) is 4.90 Å². The number of halogens is 1. The van der Waals surface area contributed by atoms with Gasteiger partial charge < -0.3 is 20.3 Å². The molecule has 8 nitrogen and oxygen atoms in total. The van der Waals surface area contributed by atoms with E-state index in [1.165, 1.54) is 12.1 Å². The van der Waals surface area contributed by atoms with E-state index in [0.717, 1.165) is 6.07 Å². The molecule has 1 saturated heterocycles. The predicted octanol–water partition coefficient (Wildman–Crippen LogP) is 5.06. The first kappa shape index (κ1) is 24.0. The molecule has 4 amide bonds. The Bertz CT molecular complexity index is 1010. The maximum atomic E-state index is 13.9. The average Bonchev–Trinajstić information content (AvgIpc) is 2.75. The van der Waals surface area contributed by atoms with E-state index >= 15 is 0 Å². The molecule has 0 spiro atoms. The van der Waals surface area contributed by atoms with Crippen LogP contribution in [0.2, 0.25) is 0 Å². The van der Waals surface area contributed by atoms with Crippen molar-refractivity contribution in [2.24, 2.45) is 5.92 Å². The molecule has 0 bridgehead atoms. The molecule has 2 aromatic rings. The van der Waals surface area contributed by atoms with Gasteiger partial charge in [-0.1, -0.05) is 18.2 Å². The third-order valence-corrected chi connectivity index (χ3v) is 4.98. The van der Waals surface area contributed by atoms with Crippen LogP contribution in [0.5, 0.6) is 0 Å². The van der Waals surface area contributed by atoms with Crippen molar-refractivity contribution in [3.63, 3.8) is 0 Å². The van der Waals surface area contributed by atoms with Gasteiger partial charge in [0.2, 0.25) is 5.91 Å². The molecule has 1 unspecified atom stereocenters. The summed E-state index contributed by atoms with van der Waals surface area (Å²) in [5, 5.41) is 8.05. The van der Waals surface area contributed by atoms with Crippen LogP contribution in [-0.4, -0.2) is 41.6 Å². The minimum atomic E-state index is -0.717. The lowest BCUT2D eigenvalue weighted by Crippen LogP contribution is -2.45. The molecule has 176 valence electrons. The van der Waals surface area contributed by atoms with Crippen molar-refractivity contribution in [3.8, 4) is 0 Å². The van der Waals surface area contributed by atoms with E-state index in [1.807, 2.05) is 18.2 Å². The van der Waals surface area contributed by atoms with Crippen LogP contribution in [0.4, 0.5) is 31.0 Å². The molecular formula is C24H29FN4O4. The van der Waals surface area contributed by atoms with E-state index in [1.54, 1.807) is 37.8 Å². The van der Waals surface area contributed by atoms with Gasteiger partial charge in [-0.05, 0) is 63.9 Å². The second kappa shape index (κ2) is 10.3. The number of rotatable bonds is 4.